The van der Waals surface area contributed by atoms with Crippen LogP contribution in [0.25, 0.3) is 11.1 Å². The maximum atomic E-state index is 5.74. The average molecular weight is 283 g/mol. The van der Waals surface area contributed by atoms with E-state index in [-0.39, 0.29) is 0 Å². The topological polar surface area (TPSA) is 21.3 Å². The van der Waals surface area contributed by atoms with Crippen LogP contribution < -0.4 is 10.1 Å². The number of ether oxygens (including phenoxy) is 1. The molecule has 2 nitrogen and oxygen atoms in total. The first kappa shape index (κ1) is 15.6. The monoisotopic (exact) mass is 283 g/mol. The van der Waals surface area contributed by atoms with Crippen molar-refractivity contribution in [1.29, 1.82) is 0 Å². The summed E-state index contributed by atoms with van der Waals surface area (Å²) in [6, 6.07) is 16.9. The zero-order valence-corrected chi connectivity index (χ0v) is 13.2. The van der Waals surface area contributed by atoms with Crippen LogP contribution in [0.5, 0.6) is 5.75 Å². The van der Waals surface area contributed by atoms with Crippen LogP contribution in [-0.2, 0) is 0 Å². The minimum Gasteiger partial charge on any atom is -0.492 e. The Labute approximate surface area is 128 Å². The first-order chi connectivity index (χ1) is 10.1. The van der Waals surface area contributed by atoms with E-state index in [1.807, 2.05) is 12.1 Å². The highest BCUT2D eigenvalue weighted by molar-refractivity contribution is 5.64. The van der Waals surface area contributed by atoms with Gasteiger partial charge in [-0.25, -0.2) is 0 Å². The van der Waals surface area contributed by atoms with Crippen LogP contribution in [0.2, 0.25) is 0 Å². The molecule has 21 heavy (non-hydrogen) atoms. The molecule has 2 aromatic rings. The van der Waals surface area contributed by atoms with Crippen molar-refractivity contribution in [3.05, 3.63) is 54.1 Å². The molecule has 112 valence electrons. The molecule has 0 aliphatic heterocycles. The molecule has 2 rings (SSSR count). The smallest absolute Gasteiger partial charge is 0.119 e. The largest absolute Gasteiger partial charge is 0.492 e. The van der Waals surface area contributed by atoms with Crippen molar-refractivity contribution in [2.24, 2.45) is 5.92 Å². The highest BCUT2D eigenvalue weighted by Gasteiger charge is 1.99. The van der Waals surface area contributed by atoms with Gasteiger partial charge >= 0.3 is 0 Å². The van der Waals surface area contributed by atoms with Crippen molar-refractivity contribution in [1.82, 2.24) is 5.32 Å². The van der Waals surface area contributed by atoms with Crippen LogP contribution in [0.15, 0.2) is 48.5 Å². The predicted octanol–water partition coefficient (Wildman–Crippen LogP) is 4.29. The third-order valence-corrected chi connectivity index (χ3v) is 3.34. The predicted molar refractivity (Wildman–Crippen MR) is 89.8 cm³/mol. The molecule has 2 heteroatoms. The third kappa shape index (κ3) is 5.24. The first-order valence-electron chi connectivity index (χ1n) is 7.66. The molecule has 0 aliphatic carbocycles. The molecule has 2 aromatic carbocycles. The Bertz CT molecular complexity index is 528. The molecule has 0 bridgehead atoms. The number of hydrogen-bond acceptors (Lipinski definition) is 2. The second-order valence-electron chi connectivity index (χ2n) is 5.84. The van der Waals surface area contributed by atoms with E-state index in [0.717, 1.165) is 18.8 Å². The maximum absolute atomic E-state index is 5.74. The maximum Gasteiger partial charge on any atom is 0.119 e. The van der Waals surface area contributed by atoms with Gasteiger partial charge in [0.15, 0.2) is 0 Å². The van der Waals surface area contributed by atoms with Crippen LogP contribution in [0.3, 0.4) is 0 Å². The lowest BCUT2D eigenvalue weighted by molar-refractivity contribution is 0.311. The third-order valence-electron chi connectivity index (χ3n) is 3.34. The summed E-state index contributed by atoms with van der Waals surface area (Å²) < 4.78 is 5.74. The van der Waals surface area contributed by atoms with Gasteiger partial charge in [0, 0.05) is 6.54 Å². The van der Waals surface area contributed by atoms with Crippen molar-refractivity contribution in [3.63, 3.8) is 0 Å². The van der Waals surface area contributed by atoms with Gasteiger partial charge in [-0.15, -0.1) is 0 Å². The summed E-state index contributed by atoms with van der Waals surface area (Å²) in [5.74, 6) is 1.61. The lowest BCUT2D eigenvalue weighted by Gasteiger charge is -2.10. The standard InChI is InChI=1S/C19H25NO/c1-15(2)14-20-12-13-21-19-10-8-18(9-11-19)17-6-4-16(3)5-7-17/h4-11,15,20H,12-14H2,1-3H3. The quantitative estimate of drug-likeness (QED) is 0.766. The summed E-state index contributed by atoms with van der Waals surface area (Å²) >= 11 is 0. The van der Waals surface area contributed by atoms with E-state index in [9.17, 15) is 0 Å². The molecule has 0 aromatic heterocycles. The molecule has 0 radical (unpaired) electrons. The molecule has 1 N–H and O–H groups in total. The van der Waals surface area contributed by atoms with Gasteiger partial charge in [-0.3, -0.25) is 0 Å². The Hall–Kier alpha value is -1.80. The van der Waals surface area contributed by atoms with Crippen molar-refractivity contribution < 1.29 is 4.74 Å². The van der Waals surface area contributed by atoms with E-state index in [4.69, 9.17) is 4.74 Å². The number of benzene rings is 2. The minimum atomic E-state index is 0.679. The normalized spacial score (nSPS) is 10.9. The Balaban J connectivity index is 1.83. The molecule has 0 saturated heterocycles. The zero-order valence-electron chi connectivity index (χ0n) is 13.2. The molecule has 0 aliphatic rings. The molecule has 0 heterocycles. The highest BCUT2D eigenvalue weighted by atomic mass is 16.5. The number of hydrogen-bond donors (Lipinski definition) is 1. The van der Waals surface area contributed by atoms with Gasteiger partial charge < -0.3 is 10.1 Å². The second kappa shape index (κ2) is 7.84. The summed E-state index contributed by atoms with van der Waals surface area (Å²) in [7, 11) is 0. The number of rotatable bonds is 7. The van der Waals surface area contributed by atoms with Gasteiger partial charge in [0.05, 0.1) is 0 Å². The molecule has 0 fully saturated rings. The number of nitrogens with one attached hydrogen (secondary N) is 1. The van der Waals surface area contributed by atoms with Crippen molar-refractivity contribution in [2.45, 2.75) is 20.8 Å². The Morgan fingerprint density at radius 3 is 2.05 bits per heavy atom. The van der Waals surface area contributed by atoms with Gasteiger partial charge in [0.25, 0.3) is 0 Å². The lowest BCUT2D eigenvalue weighted by atomic mass is 10.0. The molecule has 0 atom stereocenters. The second-order valence-corrected chi connectivity index (χ2v) is 5.84. The SMILES string of the molecule is Cc1ccc(-c2ccc(OCCNCC(C)C)cc2)cc1. The Morgan fingerprint density at radius 1 is 0.905 bits per heavy atom. The lowest BCUT2D eigenvalue weighted by Crippen LogP contribution is -2.24. The van der Waals surface area contributed by atoms with Crippen LogP contribution in [0.1, 0.15) is 19.4 Å². The average Bonchev–Trinajstić information content (AvgIpc) is 2.48. The van der Waals surface area contributed by atoms with E-state index in [1.165, 1.54) is 16.7 Å². The van der Waals surface area contributed by atoms with Crippen LogP contribution in [-0.4, -0.2) is 19.7 Å². The fraction of sp³-hybridized carbons (Fsp3) is 0.368. The Kier molecular flexibility index (Phi) is 5.82. The van der Waals surface area contributed by atoms with E-state index in [2.05, 4.69) is 62.5 Å². The van der Waals surface area contributed by atoms with Gasteiger partial charge in [-0.05, 0) is 42.6 Å². The van der Waals surface area contributed by atoms with Gasteiger partial charge in [0.1, 0.15) is 12.4 Å². The van der Waals surface area contributed by atoms with Crippen LogP contribution in [0, 0.1) is 12.8 Å². The molecule has 0 spiro atoms. The minimum absolute atomic E-state index is 0.679. The zero-order chi connectivity index (χ0) is 15.1. The first-order valence-corrected chi connectivity index (χ1v) is 7.66. The van der Waals surface area contributed by atoms with Crippen LogP contribution >= 0.6 is 0 Å². The van der Waals surface area contributed by atoms with Gasteiger partial charge in [-0.2, -0.15) is 0 Å². The van der Waals surface area contributed by atoms with E-state index < -0.39 is 0 Å². The molecule has 0 amide bonds. The summed E-state index contributed by atoms with van der Waals surface area (Å²) in [6.45, 7) is 9.15. The van der Waals surface area contributed by atoms with E-state index in [0.29, 0.717) is 12.5 Å². The molecular formula is C19H25NO. The van der Waals surface area contributed by atoms with E-state index >= 15 is 0 Å². The van der Waals surface area contributed by atoms with E-state index in [1.54, 1.807) is 0 Å². The number of aryl methyl sites for hydroxylation is 1. The fourth-order valence-corrected chi connectivity index (χ4v) is 2.12. The highest BCUT2D eigenvalue weighted by Crippen LogP contribution is 2.22. The summed E-state index contributed by atoms with van der Waals surface area (Å²) in [5, 5.41) is 3.37. The van der Waals surface area contributed by atoms with Crippen molar-refractivity contribution in [3.8, 4) is 16.9 Å². The van der Waals surface area contributed by atoms with Crippen molar-refractivity contribution in [2.75, 3.05) is 19.7 Å². The summed E-state index contributed by atoms with van der Waals surface area (Å²) in [6.07, 6.45) is 0. The molecular weight excluding hydrogens is 258 g/mol. The summed E-state index contributed by atoms with van der Waals surface area (Å²) in [5.41, 5.74) is 3.75. The fourth-order valence-electron chi connectivity index (χ4n) is 2.12. The summed E-state index contributed by atoms with van der Waals surface area (Å²) in [4.78, 5) is 0. The Morgan fingerprint density at radius 2 is 1.48 bits per heavy atom. The van der Waals surface area contributed by atoms with Crippen molar-refractivity contribution >= 4 is 0 Å². The molecule has 0 unspecified atom stereocenters. The van der Waals surface area contributed by atoms with Gasteiger partial charge in [-0.1, -0.05) is 55.8 Å². The van der Waals surface area contributed by atoms with Crippen LogP contribution in [0.4, 0.5) is 0 Å². The van der Waals surface area contributed by atoms with Gasteiger partial charge in [0.2, 0.25) is 0 Å². The molecule has 0 saturated carbocycles.